The van der Waals surface area contributed by atoms with Crippen molar-refractivity contribution in [3.05, 3.63) is 0 Å². The zero-order chi connectivity index (χ0) is 9.14. The Labute approximate surface area is 80.3 Å². The Balaban J connectivity index is 2.30. The van der Waals surface area contributed by atoms with Crippen molar-refractivity contribution in [1.82, 2.24) is 0 Å². The van der Waals surface area contributed by atoms with E-state index in [1.54, 1.807) is 0 Å². The van der Waals surface area contributed by atoms with Crippen molar-refractivity contribution < 1.29 is 4.74 Å². The molecule has 1 nitrogen and oxygen atoms in total. The third-order valence-electron chi connectivity index (χ3n) is 2.63. The standard InChI is InChI=1S/C10H20OS/c1-7(2)9(4)12-10-5-6-11-8(10)3/h7-10H,5-6H2,1-4H3. The Kier molecular flexibility index (Phi) is 3.91. The van der Waals surface area contributed by atoms with Gasteiger partial charge >= 0.3 is 0 Å². The molecular formula is C10H20OS. The summed E-state index contributed by atoms with van der Waals surface area (Å²) in [6.07, 6.45) is 1.71. The summed E-state index contributed by atoms with van der Waals surface area (Å²) in [5.74, 6) is 0.780. The highest BCUT2D eigenvalue weighted by atomic mass is 32.2. The molecule has 3 atom stereocenters. The van der Waals surface area contributed by atoms with Crippen LogP contribution in [0.1, 0.15) is 34.1 Å². The average Bonchev–Trinajstić information content (AvgIpc) is 2.36. The van der Waals surface area contributed by atoms with Gasteiger partial charge in [0, 0.05) is 17.1 Å². The number of rotatable bonds is 3. The highest BCUT2D eigenvalue weighted by Gasteiger charge is 2.26. The van der Waals surface area contributed by atoms with Crippen LogP contribution in [-0.2, 0) is 4.74 Å². The van der Waals surface area contributed by atoms with Gasteiger partial charge < -0.3 is 4.74 Å². The highest BCUT2D eigenvalue weighted by Crippen LogP contribution is 2.32. The maximum absolute atomic E-state index is 5.53. The molecule has 0 bridgehead atoms. The highest BCUT2D eigenvalue weighted by molar-refractivity contribution is 8.00. The van der Waals surface area contributed by atoms with E-state index >= 15 is 0 Å². The molecule has 1 rings (SSSR count). The predicted octanol–water partition coefficient (Wildman–Crippen LogP) is 2.94. The number of hydrogen-bond donors (Lipinski definition) is 0. The van der Waals surface area contributed by atoms with Gasteiger partial charge in [0.15, 0.2) is 0 Å². The lowest BCUT2D eigenvalue weighted by Crippen LogP contribution is -2.19. The lowest BCUT2D eigenvalue weighted by Gasteiger charge is -2.21. The van der Waals surface area contributed by atoms with Crippen molar-refractivity contribution in [1.29, 1.82) is 0 Å². The Hall–Kier alpha value is 0.310. The van der Waals surface area contributed by atoms with Crippen LogP contribution in [0.15, 0.2) is 0 Å². The van der Waals surface area contributed by atoms with Crippen LogP contribution in [0.4, 0.5) is 0 Å². The first-order valence-corrected chi connectivity index (χ1v) is 5.82. The predicted molar refractivity (Wildman–Crippen MR) is 55.7 cm³/mol. The minimum atomic E-state index is 0.469. The molecule has 0 aromatic carbocycles. The van der Waals surface area contributed by atoms with Crippen molar-refractivity contribution in [3.63, 3.8) is 0 Å². The van der Waals surface area contributed by atoms with E-state index in [1.807, 2.05) is 0 Å². The van der Waals surface area contributed by atoms with Crippen LogP contribution in [0.3, 0.4) is 0 Å². The fourth-order valence-electron chi connectivity index (χ4n) is 1.32. The number of hydrogen-bond acceptors (Lipinski definition) is 2. The second-order valence-electron chi connectivity index (χ2n) is 3.99. The first-order valence-electron chi connectivity index (χ1n) is 4.88. The molecule has 2 heteroatoms. The number of thioether (sulfide) groups is 1. The molecule has 72 valence electrons. The Bertz CT molecular complexity index is 136. The van der Waals surface area contributed by atoms with Gasteiger partial charge in [-0.05, 0) is 19.3 Å². The minimum Gasteiger partial charge on any atom is -0.377 e. The van der Waals surface area contributed by atoms with Crippen LogP contribution in [0.2, 0.25) is 0 Å². The van der Waals surface area contributed by atoms with Gasteiger partial charge in [0.1, 0.15) is 0 Å². The lowest BCUT2D eigenvalue weighted by molar-refractivity contribution is 0.127. The van der Waals surface area contributed by atoms with Gasteiger partial charge in [-0.2, -0.15) is 11.8 Å². The molecule has 0 amide bonds. The Morgan fingerprint density at radius 2 is 2.00 bits per heavy atom. The van der Waals surface area contributed by atoms with Crippen molar-refractivity contribution in [2.75, 3.05) is 6.61 Å². The fraction of sp³-hybridized carbons (Fsp3) is 1.00. The molecule has 1 fully saturated rings. The molecule has 12 heavy (non-hydrogen) atoms. The monoisotopic (exact) mass is 188 g/mol. The lowest BCUT2D eigenvalue weighted by atomic mass is 10.2. The van der Waals surface area contributed by atoms with Gasteiger partial charge in [-0.25, -0.2) is 0 Å². The topological polar surface area (TPSA) is 9.23 Å². The summed E-state index contributed by atoms with van der Waals surface area (Å²) in [5.41, 5.74) is 0. The maximum Gasteiger partial charge on any atom is 0.0666 e. The van der Waals surface area contributed by atoms with Crippen LogP contribution in [0.25, 0.3) is 0 Å². The molecule has 0 aromatic heterocycles. The zero-order valence-electron chi connectivity index (χ0n) is 8.54. The van der Waals surface area contributed by atoms with Crippen LogP contribution < -0.4 is 0 Å². The van der Waals surface area contributed by atoms with Crippen molar-refractivity contribution in [2.24, 2.45) is 5.92 Å². The quantitative estimate of drug-likeness (QED) is 0.673. The van der Waals surface area contributed by atoms with E-state index in [4.69, 9.17) is 4.74 Å². The fourth-order valence-corrected chi connectivity index (χ4v) is 2.72. The van der Waals surface area contributed by atoms with E-state index in [2.05, 4.69) is 39.5 Å². The molecule has 3 unspecified atom stereocenters. The van der Waals surface area contributed by atoms with E-state index in [9.17, 15) is 0 Å². The van der Waals surface area contributed by atoms with Gasteiger partial charge in [-0.1, -0.05) is 20.8 Å². The van der Waals surface area contributed by atoms with Crippen LogP contribution in [-0.4, -0.2) is 23.2 Å². The molecule has 0 aromatic rings. The first kappa shape index (κ1) is 10.4. The van der Waals surface area contributed by atoms with Crippen molar-refractivity contribution in [3.8, 4) is 0 Å². The van der Waals surface area contributed by atoms with Gasteiger partial charge in [0.2, 0.25) is 0 Å². The normalized spacial score (nSPS) is 32.8. The summed E-state index contributed by atoms with van der Waals surface area (Å²) < 4.78 is 5.53. The Morgan fingerprint density at radius 1 is 1.33 bits per heavy atom. The molecule has 1 aliphatic heterocycles. The summed E-state index contributed by atoms with van der Waals surface area (Å²) in [6.45, 7) is 10.1. The van der Waals surface area contributed by atoms with Gasteiger partial charge in [0.25, 0.3) is 0 Å². The molecule has 0 N–H and O–H groups in total. The van der Waals surface area contributed by atoms with Crippen LogP contribution in [0.5, 0.6) is 0 Å². The van der Waals surface area contributed by atoms with Crippen LogP contribution >= 0.6 is 11.8 Å². The SMILES string of the molecule is CC(C)C(C)SC1CCOC1C. The largest absolute Gasteiger partial charge is 0.377 e. The van der Waals surface area contributed by atoms with E-state index in [1.165, 1.54) is 6.42 Å². The Morgan fingerprint density at radius 3 is 2.42 bits per heavy atom. The third-order valence-corrected chi connectivity index (χ3v) is 4.58. The smallest absolute Gasteiger partial charge is 0.0666 e. The van der Waals surface area contributed by atoms with E-state index in [-0.39, 0.29) is 0 Å². The first-order chi connectivity index (χ1) is 5.61. The molecule has 0 saturated carbocycles. The van der Waals surface area contributed by atoms with Gasteiger partial charge in [-0.3, -0.25) is 0 Å². The molecule has 1 heterocycles. The maximum atomic E-state index is 5.53. The average molecular weight is 188 g/mol. The molecule has 1 saturated heterocycles. The number of ether oxygens (including phenoxy) is 1. The van der Waals surface area contributed by atoms with E-state index < -0.39 is 0 Å². The van der Waals surface area contributed by atoms with Gasteiger partial charge in [-0.15, -0.1) is 0 Å². The molecule has 0 spiro atoms. The summed E-state index contributed by atoms with van der Waals surface area (Å²) in [6, 6.07) is 0. The van der Waals surface area contributed by atoms with E-state index in [0.717, 1.165) is 23.0 Å². The molecule has 1 aliphatic rings. The zero-order valence-corrected chi connectivity index (χ0v) is 9.36. The van der Waals surface area contributed by atoms with Crippen molar-refractivity contribution in [2.45, 2.75) is 50.7 Å². The van der Waals surface area contributed by atoms with E-state index in [0.29, 0.717) is 6.10 Å². The molecule has 0 radical (unpaired) electrons. The molecule has 0 aliphatic carbocycles. The van der Waals surface area contributed by atoms with Gasteiger partial charge in [0.05, 0.1) is 6.10 Å². The summed E-state index contributed by atoms with van der Waals surface area (Å²) in [5, 5.41) is 1.50. The second-order valence-corrected chi connectivity index (χ2v) is 5.61. The minimum absolute atomic E-state index is 0.469. The van der Waals surface area contributed by atoms with Crippen molar-refractivity contribution >= 4 is 11.8 Å². The second kappa shape index (κ2) is 4.52. The summed E-state index contributed by atoms with van der Waals surface area (Å²) in [7, 11) is 0. The summed E-state index contributed by atoms with van der Waals surface area (Å²) in [4.78, 5) is 0. The molecular weight excluding hydrogens is 168 g/mol. The van der Waals surface area contributed by atoms with Crippen LogP contribution in [0, 0.1) is 5.92 Å². The summed E-state index contributed by atoms with van der Waals surface area (Å²) >= 11 is 2.10. The third kappa shape index (κ3) is 2.67.